The Morgan fingerprint density at radius 1 is 1.42 bits per heavy atom. The van der Waals surface area contributed by atoms with Gasteiger partial charge in [-0.3, -0.25) is 4.79 Å². The van der Waals surface area contributed by atoms with Crippen LogP contribution in [0.1, 0.15) is 32.3 Å². The summed E-state index contributed by atoms with van der Waals surface area (Å²) in [6.07, 6.45) is 2.29. The molecule has 0 aromatic heterocycles. The molecule has 0 saturated carbocycles. The third-order valence-electron chi connectivity index (χ3n) is 3.65. The van der Waals surface area contributed by atoms with Gasteiger partial charge < -0.3 is 10.1 Å². The molecular formula is C15H20ClNO2. The zero-order chi connectivity index (χ0) is 13.9. The average Bonchev–Trinajstić information content (AvgIpc) is 2.89. The van der Waals surface area contributed by atoms with E-state index in [-0.39, 0.29) is 12.0 Å². The number of rotatable bonds is 4. The fourth-order valence-corrected chi connectivity index (χ4v) is 2.36. The van der Waals surface area contributed by atoms with Gasteiger partial charge in [0, 0.05) is 18.2 Å². The molecular weight excluding hydrogens is 262 g/mol. The third-order valence-corrected chi connectivity index (χ3v) is 3.90. The lowest BCUT2D eigenvalue weighted by Crippen LogP contribution is -2.43. The molecule has 1 aromatic rings. The molecule has 2 rings (SSSR count). The van der Waals surface area contributed by atoms with E-state index < -0.39 is 5.41 Å². The summed E-state index contributed by atoms with van der Waals surface area (Å²) in [5.74, 6) is 0.0188. The van der Waals surface area contributed by atoms with Crippen LogP contribution in [-0.2, 0) is 14.9 Å². The van der Waals surface area contributed by atoms with Gasteiger partial charge in [-0.2, -0.15) is 0 Å². The van der Waals surface area contributed by atoms with Crippen molar-refractivity contribution >= 4 is 17.5 Å². The number of halogens is 1. The number of carbonyl (C=O) groups is 1. The smallest absolute Gasteiger partial charge is 0.230 e. The van der Waals surface area contributed by atoms with Crippen LogP contribution in [0.3, 0.4) is 0 Å². The molecule has 19 heavy (non-hydrogen) atoms. The zero-order valence-corrected chi connectivity index (χ0v) is 12.2. The van der Waals surface area contributed by atoms with Gasteiger partial charge in [0.1, 0.15) is 0 Å². The molecule has 1 N–H and O–H groups in total. The molecule has 0 aliphatic carbocycles. The first-order valence-corrected chi connectivity index (χ1v) is 7.04. The lowest BCUT2D eigenvalue weighted by atomic mass is 9.83. The minimum Gasteiger partial charge on any atom is -0.376 e. The second kappa shape index (κ2) is 5.93. The van der Waals surface area contributed by atoms with Crippen molar-refractivity contribution in [3.05, 3.63) is 34.9 Å². The summed E-state index contributed by atoms with van der Waals surface area (Å²) in [6.45, 7) is 5.24. The van der Waals surface area contributed by atoms with Crippen molar-refractivity contribution in [3.8, 4) is 0 Å². The Morgan fingerprint density at radius 3 is 2.68 bits per heavy atom. The van der Waals surface area contributed by atoms with E-state index in [1.54, 1.807) is 0 Å². The van der Waals surface area contributed by atoms with E-state index in [0.717, 1.165) is 25.0 Å². The summed E-state index contributed by atoms with van der Waals surface area (Å²) in [5, 5.41) is 3.66. The molecule has 1 atom stereocenters. The van der Waals surface area contributed by atoms with Crippen molar-refractivity contribution in [2.24, 2.45) is 0 Å². The standard InChI is InChI=1S/C15H20ClNO2/c1-15(2,11-5-7-12(16)8-6-11)14(18)17-10-13-4-3-9-19-13/h5-8,13H,3-4,9-10H2,1-2H3,(H,17,18). The number of carbonyl (C=O) groups excluding carboxylic acids is 1. The molecule has 1 amide bonds. The van der Waals surface area contributed by atoms with E-state index in [1.165, 1.54) is 0 Å². The fourth-order valence-electron chi connectivity index (χ4n) is 2.23. The van der Waals surface area contributed by atoms with Crippen molar-refractivity contribution < 1.29 is 9.53 Å². The SMILES string of the molecule is CC(C)(C(=O)NCC1CCCO1)c1ccc(Cl)cc1. The van der Waals surface area contributed by atoms with Gasteiger partial charge in [0.05, 0.1) is 11.5 Å². The average molecular weight is 282 g/mol. The van der Waals surface area contributed by atoms with Gasteiger partial charge in [0.25, 0.3) is 0 Å². The summed E-state index contributed by atoms with van der Waals surface area (Å²) >= 11 is 5.87. The van der Waals surface area contributed by atoms with E-state index in [9.17, 15) is 4.79 Å². The van der Waals surface area contributed by atoms with Gasteiger partial charge in [-0.25, -0.2) is 0 Å². The third kappa shape index (κ3) is 3.48. The molecule has 4 heteroatoms. The molecule has 1 aromatic carbocycles. The minimum atomic E-state index is -0.566. The van der Waals surface area contributed by atoms with Crippen LogP contribution in [0.5, 0.6) is 0 Å². The lowest BCUT2D eigenvalue weighted by Gasteiger charge is -2.25. The van der Waals surface area contributed by atoms with Crippen LogP contribution in [0.15, 0.2) is 24.3 Å². The monoisotopic (exact) mass is 281 g/mol. The number of benzene rings is 1. The fraction of sp³-hybridized carbons (Fsp3) is 0.533. The van der Waals surface area contributed by atoms with Gasteiger partial charge in [0.2, 0.25) is 5.91 Å². The lowest BCUT2D eigenvalue weighted by molar-refractivity contribution is -0.126. The first-order chi connectivity index (χ1) is 9.00. The summed E-state index contributed by atoms with van der Waals surface area (Å²) in [6, 6.07) is 7.42. The molecule has 3 nitrogen and oxygen atoms in total. The van der Waals surface area contributed by atoms with Crippen LogP contribution in [0.25, 0.3) is 0 Å². The van der Waals surface area contributed by atoms with Crippen LogP contribution >= 0.6 is 11.6 Å². The molecule has 1 aliphatic rings. The van der Waals surface area contributed by atoms with Crippen LogP contribution in [-0.4, -0.2) is 25.2 Å². The van der Waals surface area contributed by atoms with Crippen LogP contribution < -0.4 is 5.32 Å². The molecule has 1 fully saturated rings. The van der Waals surface area contributed by atoms with Gasteiger partial charge >= 0.3 is 0 Å². The number of hydrogen-bond acceptors (Lipinski definition) is 2. The maximum absolute atomic E-state index is 12.3. The first-order valence-electron chi connectivity index (χ1n) is 6.66. The summed E-state index contributed by atoms with van der Waals surface area (Å²) in [4.78, 5) is 12.3. The highest BCUT2D eigenvalue weighted by Crippen LogP contribution is 2.25. The Balaban J connectivity index is 1.97. The Kier molecular flexibility index (Phi) is 4.48. The van der Waals surface area contributed by atoms with Crippen molar-refractivity contribution in [1.82, 2.24) is 5.32 Å². The van der Waals surface area contributed by atoms with Crippen molar-refractivity contribution in [2.75, 3.05) is 13.2 Å². The van der Waals surface area contributed by atoms with E-state index in [0.29, 0.717) is 11.6 Å². The number of hydrogen-bond donors (Lipinski definition) is 1. The van der Waals surface area contributed by atoms with Crippen molar-refractivity contribution in [1.29, 1.82) is 0 Å². The highest BCUT2D eigenvalue weighted by Gasteiger charge is 2.30. The molecule has 0 spiro atoms. The van der Waals surface area contributed by atoms with E-state index >= 15 is 0 Å². The predicted octanol–water partition coefficient (Wildman–Crippen LogP) is 2.91. The van der Waals surface area contributed by atoms with Crippen LogP contribution in [0.4, 0.5) is 0 Å². The first kappa shape index (κ1) is 14.4. The highest BCUT2D eigenvalue weighted by molar-refractivity contribution is 6.30. The van der Waals surface area contributed by atoms with Gasteiger partial charge in [-0.1, -0.05) is 23.7 Å². The topological polar surface area (TPSA) is 38.3 Å². The largest absolute Gasteiger partial charge is 0.376 e. The molecule has 1 saturated heterocycles. The number of ether oxygens (including phenoxy) is 1. The van der Waals surface area contributed by atoms with Gasteiger partial charge in [-0.05, 0) is 44.4 Å². The summed E-state index contributed by atoms with van der Waals surface area (Å²) < 4.78 is 5.51. The molecule has 0 radical (unpaired) electrons. The zero-order valence-electron chi connectivity index (χ0n) is 11.4. The van der Waals surface area contributed by atoms with Crippen LogP contribution in [0, 0.1) is 0 Å². The Morgan fingerprint density at radius 2 is 2.11 bits per heavy atom. The second-order valence-electron chi connectivity index (χ2n) is 5.48. The van der Waals surface area contributed by atoms with Crippen LogP contribution in [0.2, 0.25) is 5.02 Å². The number of amides is 1. The molecule has 104 valence electrons. The Bertz CT molecular complexity index is 436. The van der Waals surface area contributed by atoms with Gasteiger partial charge in [0.15, 0.2) is 0 Å². The maximum atomic E-state index is 12.3. The maximum Gasteiger partial charge on any atom is 0.230 e. The molecule has 1 aliphatic heterocycles. The highest BCUT2D eigenvalue weighted by atomic mass is 35.5. The van der Waals surface area contributed by atoms with E-state index in [2.05, 4.69) is 5.32 Å². The Labute approximate surface area is 119 Å². The van der Waals surface area contributed by atoms with Crippen molar-refractivity contribution in [2.45, 2.75) is 38.2 Å². The summed E-state index contributed by atoms with van der Waals surface area (Å²) in [5.41, 5.74) is 0.394. The van der Waals surface area contributed by atoms with E-state index in [1.807, 2.05) is 38.1 Å². The number of nitrogens with one attached hydrogen (secondary N) is 1. The molecule has 1 heterocycles. The van der Waals surface area contributed by atoms with Crippen molar-refractivity contribution in [3.63, 3.8) is 0 Å². The second-order valence-corrected chi connectivity index (χ2v) is 5.91. The molecule has 0 bridgehead atoms. The molecule has 1 unspecified atom stereocenters. The Hall–Kier alpha value is -1.06. The predicted molar refractivity (Wildman–Crippen MR) is 76.5 cm³/mol. The normalized spacial score (nSPS) is 19.4. The minimum absolute atomic E-state index is 0.0188. The summed E-state index contributed by atoms with van der Waals surface area (Å²) in [7, 11) is 0. The quantitative estimate of drug-likeness (QED) is 0.922. The van der Waals surface area contributed by atoms with Gasteiger partial charge in [-0.15, -0.1) is 0 Å². The van der Waals surface area contributed by atoms with E-state index in [4.69, 9.17) is 16.3 Å².